The Hall–Kier alpha value is 0.900. The molecule has 0 unspecified atom stereocenters. The maximum atomic E-state index is 13.5. The molecule has 0 amide bonds. The molecule has 1 rings (SSSR count). The molecule has 0 spiro atoms. The summed E-state index contributed by atoms with van der Waals surface area (Å²) in [5.41, 5.74) is 0.865. The molecule has 1 aromatic rings. The van der Waals surface area contributed by atoms with Gasteiger partial charge in [-0.05, 0) is 66.3 Å². The monoisotopic (exact) mass is 447 g/mol. The molecule has 0 fully saturated rings. The van der Waals surface area contributed by atoms with Crippen molar-refractivity contribution in [1.82, 2.24) is 4.72 Å². The van der Waals surface area contributed by atoms with Crippen molar-refractivity contribution >= 4 is 59.7 Å². The smallest absolute Gasteiger partial charge is 0.137 e. The first kappa shape index (κ1) is 16.0. The fourth-order valence-corrected chi connectivity index (χ4v) is 3.45. The fraction of sp³-hybridized carbons (Fsp3) is 0.455. The van der Waals surface area contributed by atoms with Crippen molar-refractivity contribution in [2.75, 3.05) is 0 Å². The minimum Gasteiger partial charge on any atom is -0.255 e. The Morgan fingerprint density at radius 2 is 1.88 bits per heavy atom. The third-order valence-corrected chi connectivity index (χ3v) is 4.64. The molecule has 0 bridgehead atoms. The van der Waals surface area contributed by atoms with E-state index in [4.69, 9.17) is 0 Å². The fourth-order valence-electron chi connectivity index (χ4n) is 1.01. The molecule has 0 atom stereocenters. The maximum absolute atomic E-state index is 13.5. The molecule has 0 aliphatic heterocycles. The van der Waals surface area contributed by atoms with Crippen molar-refractivity contribution in [3.63, 3.8) is 0 Å². The van der Waals surface area contributed by atoms with Crippen LogP contribution in [0.4, 0.5) is 4.39 Å². The minimum absolute atomic E-state index is 0.00305. The third kappa shape index (κ3) is 5.19. The first-order valence-electron chi connectivity index (χ1n) is 4.92. The summed E-state index contributed by atoms with van der Waals surface area (Å²) in [6.45, 7) is 6.24. The number of nitrogens with one attached hydrogen (secondary N) is 1. The van der Waals surface area contributed by atoms with Crippen molar-refractivity contribution in [2.24, 2.45) is 0 Å². The molecule has 6 heteroatoms. The highest BCUT2D eigenvalue weighted by Crippen LogP contribution is 2.38. The van der Waals surface area contributed by atoms with Crippen molar-refractivity contribution in [3.05, 3.63) is 28.0 Å². The van der Waals surface area contributed by atoms with Crippen LogP contribution in [0.2, 0.25) is 0 Å². The number of hydrogen-bond donors (Lipinski definition) is 1. The predicted octanol–water partition coefficient (Wildman–Crippen LogP) is 5.77. The van der Waals surface area contributed by atoms with E-state index in [0.29, 0.717) is 4.47 Å². The Labute approximate surface area is 131 Å². The van der Waals surface area contributed by atoms with E-state index in [2.05, 4.69) is 73.3 Å². The molecule has 0 heterocycles. The van der Waals surface area contributed by atoms with Gasteiger partial charge in [-0.1, -0.05) is 31.9 Å². The summed E-state index contributed by atoms with van der Waals surface area (Å²) >= 11 is 11.5. The normalized spacial score (nSPS) is 12.2. The zero-order chi connectivity index (χ0) is 13.2. The summed E-state index contributed by atoms with van der Waals surface area (Å²) in [5, 5.41) is 0. The average molecular weight is 450 g/mol. The molecule has 1 nitrogen and oxygen atoms in total. The van der Waals surface area contributed by atoms with E-state index < -0.39 is 0 Å². The van der Waals surface area contributed by atoms with E-state index in [-0.39, 0.29) is 15.1 Å². The van der Waals surface area contributed by atoms with E-state index in [1.54, 1.807) is 6.07 Å². The van der Waals surface area contributed by atoms with E-state index in [1.165, 1.54) is 18.0 Å². The molecule has 0 aromatic heterocycles. The molecule has 1 N–H and O–H groups in total. The SMILES string of the molecule is CC(C)(C)NSc1cc(Br)c(F)cc1C(Br)Br. The van der Waals surface area contributed by atoms with Gasteiger partial charge in [-0.2, -0.15) is 0 Å². The van der Waals surface area contributed by atoms with Gasteiger partial charge in [0.2, 0.25) is 0 Å². The Bertz CT molecular complexity index is 404. The quantitative estimate of drug-likeness (QED) is 0.464. The molecular weight excluding hydrogens is 437 g/mol. The summed E-state index contributed by atoms with van der Waals surface area (Å²) in [6, 6.07) is 3.30. The van der Waals surface area contributed by atoms with Crippen LogP contribution in [0.3, 0.4) is 0 Å². The molecule has 0 radical (unpaired) electrons. The van der Waals surface area contributed by atoms with Gasteiger partial charge in [0.15, 0.2) is 0 Å². The lowest BCUT2D eigenvalue weighted by Gasteiger charge is -2.21. The highest BCUT2D eigenvalue weighted by Gasteiger charge is 2.16. The largest absolute Gasteiger partial charge is 0.255 e. The first-order chi connectivity index (χ1) is 7.70. The van der Waals surface area contributed by atoms with Crippen LogP contribution in [0, 0.1) is 5.82 Å². The summed E-state index contributed by atoms with van der Waals surface area (Å²) < 4.78 is 17.2. The molecule has 96 valence electrons. The van der Waals surface area contributed by atoms with Crippen LogP contribution in [-0.4, -0.2) is 5.54 Å². The van der Waals surface area contributed by atoms with Crippen LogP contribution in [0.15, 0.2) is 21.5 Å². The molecule has 17 heavy (non-hydrogen) atoms. The lowest BCUT2D eigenvalue weighted by molar-refractivity contribution is 0.535. The molecule has 0 aliphatic carbocycles. The molecule has 0 aliphatic rings. The van der Waals surface area contributed by atoms with Gasteiger partial charge in [-0.3, -0.25) is 4.72 Å². The van der Waals surface area contributed by atoms with Crippen molar-refractivity contribution in [1.29, 1.82) is 0 Å². The van der Waals surface area contributed by atoms with Crippen LogP contribution in [0.1, 0.15) is 30.1 Å². The Morgan fingerprint density at radius 3 is 2.35 bits per heavy atom. The second-order valence-corrected chi connectivity index (χ2v) is 9.32. The lowest BCUT2D eigenvalue weighted by Crippen LogP contribution is -2.29. The van der Waals surface area contributed by atoms with Crippen LogP contribution < -0.4 is 4.72 Å². The Morgan fingerprint density at radius 1 is 1.29 bits per heavy atom. The number of alkyl halides is 2. The van der Waals surface area contributed by atoms with Gasteiger partial charge in [-0.15, -0.1) is 0 Å². The minimum atomic E-state index is -0.260. The second-order valence-electron chi connectivity index (χ2n) is 4.56. The lowest BCUT2D eigenvalue weighted by atomic mass is 10.1. The molecule has 0 saturated heterocycles. The number of rotatable bonds is 3. The van der Waals surface area contributed by atoms with Gasteiger partial charge in [0, 0.05) is 10.4 Å². The standard InChI is InChI=1S/C11H13Br3FNS/c1-11(2,3)16-17-9-5-7(12)8(15)4-6(9)10(13)14/h4-5,10,16H,1-3H3. The summed E-state index contributed by atoms with van der Waals surface area (Å²) in [4.78, 5) is 0.979. The predicted molar refractivity (Wildman–Crippen MR) is 83.4 cm³/mol. The molecule has 0 saturated carbocycles. The van der Waals surface area contributed by atoms with Gasteiger partial charge >= 0.3 is 0 Å². The number of halogens is 4. The van der Waals surface area contributed by atoms with Gasteiger partial charge in [0.25, 0.3) is 0 Å². The van der Waals surface area contributed by atoms with Gasteiger partial charge in [0.1, 0.15) is 5.82 Å². The van der Waals surface area contributed by atoms with Crippen molar-refractivity contribution in [2.45, 2.75) is 34.9 Å². The summed E-state index contributed by atoms with van der Waals surface area (Å²) in [7, 11) is 0. The summed E-state index contributed by atoms with van der Waals surface area (Å²) in [5.74, 6) is -0.260. The average Bonchev–Trinajstić information content (AvgIpc) is 2.17. The Kier molecular flexibility index (Phi) is 5.98. The topological polar surface area (TPSA) is 12.0 Å². The zero-order valence-electron chi connectivity index (χ0n) is 9.65. The third-order valence-electron chi connectivity index (χ3n) is 1.75. The molecular formula is C11H13Br3FNS. The van der Waals surface area contributed by atoms with E-state index in [1.807, 2.05) is 0 Å². The van der Waals surface area contributed by atoms with E-state index in [9.17, 15) is 4.39 Å². The highest BCUT2D eigenvalue weighted by atomic mass is 79.9. The van der Waals surface area contributed by atoms with Crippen molar-refractivity contribution in [3.8, 4) is 0 Å². The van der Waals surface area contributed by atoms with Crippen LogP contribution in [0.5, 0.6) is 0 Å². The van der Waals surface area contributed by atoms with Gasteiger partial charge in [0.05, 0.1) is 8.21 Å². The van der Waals surface area contributed by atoms with Crippen LogP contribution >= 0.6 is 59.7 Å². The van der Waals surface area contributed by atoms with E-state index >= 15 is 0 Å². The van der Waals surface area contributed by atoms with E-state index in [0.717, 1.165) is 10.5 Å². The second kappa shape index (κ2) is 6.37. The zero-order valence-corrected chi connectivity index (χ0v) is 15.2. The Balaban J connectivity index is 3.00. The number of hydrogen-bond acceptors (Lipinski definition) is 2. The summed E-state index contributed by atoms with van der Waals surface area (Å²) in [6.07, 6.45) is 0. The molecule has 1 aromatic carbocycles. The van der Waals surface area contributed by atoms with Gasteiger partial charge in [-0.25, -0.2) is 4.39 Å². The first-order valence-corrected chi connectivity index (χ1v) is 8.36. The highest BCUT2D eigenvalue weighted by molar-refractivity contribution is 9.24. The van der Waals surface area contributed by atoms with Crippen LogP contribution in [-0.2, 0) is 0 Å². The van der Waals surface area contributed by atoms with Crippen molar-refractivity contribution < 1.29 is 4.39 Å². The number of benzene rings is 1. The van der Waals surface area contributed by atoms with Gasteiger partial charge < -0.3 is 0 Å². The maximum Gasteiger partial charge on any atom is 0.137 e. The van der Waals surface area contributed by atoms with Crippen LogP contribution in [0.25, 0.3) is 0 Å².